The van der Waals surface area contributed by atoms with Crippen molar-refractivity contribution in [3.63, 3.8) is 0 Å². The molecule has 0 radical (unpaired) electrons. The molecule has 0 rings (SSSR count). The molecule has 0 aliphatic rings. The summed E-state index contributed by atoms with van der Waals surface area (Å²) in [5.41, 5.74) is 1.24. The van der Waals surface area contributed by atoms with Crippen LogP contribution in [0.1, 0.15) is 40.5 Å². The summed E-state index contributed by atoms with van der Waals surface area (Å²) < 4.78 is 6.07. The van der Waals surface area contributed by atoms with Gasteiger partial charge in [0.05, 0.1) is 12.7 Å². The molecule has 0 aromatic rings. The number of allylic oxidation sites excluding steroid dienone is 1. The molecular formula is C13H25NOSi. The first-order valence-electron chi connectivity index (χ1n) is 5.87. The van der Waals surface area contributed by atoms with E-state index < -0.39 is 8.32 Å². The van der Waals surface area contributed by atoms with Crippen LogP contribution < -0.4 is 0 Å². The summed E-state index contributed by atoms with van der Waals surface area (Å²) in [4.78, 5) is 0. The zero-order valence-corrected chi connectivity index (χ0v) is 12.6. The number of unbranched alkanes of at least 4 members (excludes halogenated alkanes) is 1. The fraction of sp³-hybridized carbons (Fsp3) is 0.769. The van der Waals surface area contributed by atoms with Crippen LogP contribution in [-0.4, -0.2) is 14.9 Å². The fourth-order valence-corrected chi connectivity index (χ4v) is 1.97. The first kappa shape index (κ1) is 15.4. The molecule has 0 amide bonds. The maximum Gasteiger partial charge on any atom is 0.192 e. The average molecular weight is 239 g/mol. The molecule has 92 valence electrons. The van der Waals surface area contributed by atoms with Crippen LogP contribution in [0.3, 0.4) is 0 Å². The predicted octanol–water partition coefficient (Wildman–Crippen LogP) is 4.26. The van der Waals surface area contributed by atoms with Crippen LogP contribution in [0.15, 0.2) is 11.6 Å². The molecule has 0 aliphatic carbocycles. The van der Waals surface area contributed by atoms with Crippen molar-refractivity contribution in [1.29, 1.82) is 5.26 Å². The topological polar surface area (TPSA) is 33.0 Å². The molecule has 0 heterocycles. The zero-order valence-electron chi connectivity index (χ0n) is 11.6. The second-order valence-corrected chi connectivity index (χ2v) is 10.6. The van der Waals surface area contributed by atoms with Gasteiger partial charge < -0.3 is 4.43 Å². The van der Waals surface area contributed by atoms with Gasteiger partial charge in [0.25, 0.3) is 0 Å². The van der Waals surface area contributed by atoms with Crippen molar-refractivity contribution >= 4 is 8.32 Å². The van der Waals surface area contributed by atoms with Gasteiger partial charge in [0.15, 0.2) is 8.32 Å². The van der Waals surface area contributed by atoms with E-state index in [1.807, 2.05) is 0 Å². The van der Waals surface area contributed by atoms with E-state index in [1.54, 1.807) is 0 Å². The third kappa shape index (κ3) is 5.48. The Morgan fingerprint density at radius 1 is 1.38 bits per heavy atom. The second kappa shape index (κ2) is 6.22. The Morgan fingerprint density at radius 3 is 2.38 bits per heavy atom. The molecule has 0 saturated carbocycles. The van der Waals surface area contributed by atoms with Gasteiger partial charge in [-0.15, -0.1) is 0 Å². The lowest BCUT2D eigenvalue weighted by molar-refractivity contribution is 0.318. The SMILES string of the molecule is C/C(=C\CCC#N)CO[Si](C)(C)C(C)(C)C. The van der Waals surface area contributed by atoms with E-state index in [0.29, 0.717) is 13.0 Å². The molecular weight excluding hydrogens is 214 g/mol. The van der Waals surface area contributed by atoms with Crippen LogP contribution in [0.2, 0.25) is 18.1 Å². The predicted molar refractivity (Wildman–Crippen MR) is 71.8 cm³/mol. The minimum absolute atomic E-state index is 0.264. The van der Waals surface area contributed by atoms with E-state index in [4.69, 9.17) is 9.69 Å². The van der Waals surface area contributed by atoms with Crippen LogP contribution in [0, 0.1) is 11.3 Å². The van der Waals surface area contributed by atoms with Gasteiger partial charge in [-0.3, -0.25) is 0 Å². The molecule has 0 saturated heterocycles. The van der Waals surface area contributed by atoms with Gasteiger partial charge in [-0.05, 0) is 31.5 Å². The van der Waals surface area contributed by atoms with Gasteiger partial charge in [0.1, 0.15) is 0 Å². The highest BCUT2D eigenvalue weighted by atomic mass is 28.4. The molecule has 0 aromatic heterocycles. The van der Waals surface area contributed by atoms with Crippen LogP contribution in [0.4, 0.5) is 0 Å². The third-order valence-corrected chi connectivity index (χ3v) is 7.69. The van der Waals surface area contributed by atoms with Crippen LogP contribution in [0.25, 0.3) is 0 Å². The molecule has 0 aromatic carbocycles. The first-order valence-corrected chi connectivity index (χ1v) is 8.78. The Balaban J connectivity index is 4.15. The number of hydrogen-bond donors (Lipinski definition) is 0. The molecule has 2 nitrogen and oxygen atoms in total. The summed E-state index contributed by atoms with van der Waals surface area (Å²) in [5, 5.41) is 8.71. The highest BCUT2D eigenvalue weighted by molar-refractivity contribution is 6.74. The van der Waals surface area contributed by atoms with Crippen molar-refractivity contribution in [2.75, 3.05) is 6.61 Å². The maximum absolute atomic E-state index is 8.44. The van der Waals surface area contributed by atoms with E-state index in [0.717, 1.165) is 6.42 Å². The number of hydrogen-bond acceptors (Lipinski definition) is 2. The van der Waals surface area contributed by atoms with Crippen molar-refractivity contribution < 1.29 is 4.43 Å². The Bertz CT molecular complexity index is 281. The van der Waals surface area contributed by atoms with E-state index in [1.165, 1.54) is 5.57 Å². The lowest BCUT2D eigenvalue weighted by atomic mass is 10.2. The first-order chi connectivity index (χ1) is 7.20. The molecule has 16 heavy (non-hydrogen) atoms. The van der Waals surface area contributed by atoms with E-state index in [9.17, 15) is 0 Å². The number of rotatable bonds is 5. The average Bonchev–Trinajstić information content (AvgIpc) is 2.13. The minimum Gasteiger partial charge on any atom is -0.413 e. The highest BCUT2D eigenvalue weighted by Crippen LogP contribution is 2.36. The van der Waals surface area contributed by atoms with E-state index >= 15 is 0 Å². The summed E-state index contributed by atoms with van der Waals surface area (Å²) in [6.07, 6.45) is 3.54. The Hall–Kier alpha value is -0.593. The van der Waals surface area contributed by atoms with Crippen molar-refractivity contribution in [3.8, 4) is 6.07 Å². The lowest BCUT2D eigenvalue weighted by Gasteiger charge is -2.36. The third-order valence-electron chi connectivity index (χ3n) is 3.22. The van der Waals surface area contributed by atoms with Gasteiger partial charge in [-0.25, -0.2) is 0 Å². The van der Waals surface area contributed by atoms with Crippen LogP contribution >= 0.6 is 0 Å². The molecule has 3 heteroatoms. The van der Waals surface area contributed by atoms with Crippen molar-refractivity contribution in [3.05, 3.63) is 11.6 Å². The summed E-state index contributed by atoms with van der Waals surface area (Å²) in [6.45, 7) is 14.0. The van der Waals surface area contributed by atoms with Crippen LogP contribution in [0.5, 0.6) is 0 Å². The monoisotopic (exact) mass is 239 g/mol. The van der Waals surface area contributed by atoms with Gasteiger partial charge in [-0.2, -0.15) is 5.26 Å². The summed E-state index contributed by atoms with van der Waals surface area (Å²) in [7, 11) is -1.62. The number of nitriles is 1. The highest BCUT2D eigenvalue weighted by Gasteiger charge is 2.36. The maximum atomic E-state index is 8.44. The normalized spacial score (nSPS) is 13.7. The van der Waals surface area contributed by atoms with Crippen molar-refractivity contribution in [1.82, 2.24) is 0 Å². The van der Waals surface area contributed by atoms with Crippen molar-refractivity contribution in [2.24, 2.45) is 0 Å². The molecule has 0 bridgehead atoms. The summed E-state index contributed by atoms with van der Waals surface area (Å²) in [6, 6.07) is 2.14. The molecule has 0 unspecified atom stereocenters. The Morgan fingerprint density at radius 2 is 1.94 bits per heavy atom. The summed E-state index contributed by atoms with van der Waals surface area (Å²) in [5.74, 6) is 0. The van der Waals surface area contributed by atoms with Crippen LogP contribution in [-0.2, 0) is 4.43 Å². The van der Waals surface area contributed by atoms with Crippen molar-refractivity contribution in [2.45, 2.75) is 58.7 Å². The molecule has 0 spiro atoms. The standard InChI is InChI=1S/C13H25NOSi/c1-12(9-7-8-10-14)11-15-16(5,6)13(2,3)4/h9H,7-8,11H2,1-6H3/b12-9+. The molecule has 0 N–H and O–H groups in total. The smallest absolute Gasteiger partial charge is 0.192 e. The fourth-order valence-electron chi connectivity index (χ4n) is 0.953. The van der Waals surface area contributed by atoms with Gasteiger partial charge in [0.2, 0.25) is 0 Å². The van der Waals surface area contributed by atoms with Gasteiger partial charge >= 0.3 is 0 Å². The molecule has 0 aliphatic heterocycles. The largest absolute Gasteiger partial charge is 0.413 e. The quantitative estimate of drug-likeness (QED) is 0.408. The zero-order chi connectivity index (χ0) is 12.8. The van der Waals surface area contributed by atoms with E-state index in [2.05, 4.69) is 52.9 Å². The summed E-state index contributed by atoms with van der Waals surface area (Å²) >= 11 is 0. The number of nitrogens with zero attached hydrogens (tertiary/aromatic N) is 1. The van der Waals surface area contributed by atoms with E-state index in [-0.39, 0.29) is 5.04 Å². The Kier molecular flexibility index (Phi) is 5.99. The Labute approximate surface area is 101 Å². The second-order valence-electron chi connectivity index (χ2n) is 5.80. The van der Waals surface area contributed by atoms with Gasteiger partial charge in [0, 0.05) is 6.42 Å². The minimum atomic E-state index is -1.62. The van der Waals surface area contributed by atoms with Gasteiger partial charge in [-0.1, -0.05) is 32.4 Å². The molecule has 0 fully saturated rings. The lowest BCUT2D eigenvalue weighted by Crippen LogP contribution is -2.41. The molecule has 0 atom stereocenters.